The Balaban J connectivity index is 0.00000289. The predicted octanol–water partition coefficient (Wildman–Crippen LogP) is 2.88. The summed E-state index contributed by atoms with van der Waals surface area (Å²) < 4.78 is 0. The van der Waals surface area contributed by atoms with Crippen molar-refractivity contribution in [1.82, 2.24) is 10.6 Å². The fourth-order valence-electron chi connectivity index (χ4n) is 3.79. The van der Waals surface area contributed by atoms with Crippen molar-refractivity contribution in [3.63, 3.8) is 0 Å². The van der Waals surface area contributed by atoms with Gasteiger partial charge in [-0.25, -0.2) is 9.98 Å². The normalized spacial score (nSPS) is 15.5. The Morgan fingerprint density at radius 3 is 1.29 bits per heavy atom. The largest absolute Gasteiger partial charge is 0.383 e. The van der Waals surface area contributed by atoms with E-state index >= 15 is 0 Å². The molecule has 0 unspecified atom stereocenters. The Hall–Kier alpha value is -4.17. The Labute approximate surface area is 210 Å². The van der Waals surface area contributed by atoms with E-state index in [4.69, 9.17) is 11.5 Å². The summed E-state index contributed by atoms with van der Waals surface area (Å²) in [6.07, 6.45) is 0. The van der Waals surface area contributed by atoms with Gasteiger partial charge in [0.25, 0.3) is 0 Å². The quantitative estimate of drug-likeness (QED) is 0.315. The molecule has 2 aliphatic heterocycles. The molecule has 0 aliphatic carbocycles. The minimum atomic E-state index is 0. The lowest BCUT2D eigenvalue weighted by Gasteiger charge is -2.06. The van der Waals surface area contributed by atoms with Crippen molar-refractivity contribution in [2.45, 2.75) is 0 Å². The standard InChI is InChI=1S/C26H26N8.ClH/c27-23(33-21-9-5-19(6-10-21)25-29-13-14-30-25)17-1-2-18(4-3-17)24(28)34-22-11-7-20(8-12-22)26-31-15-16-32-26;/h1-12H,13-16H2,(H2,27,33)(H2,28,34)(H,29,30)(H,31,32);1H. The fourth-order valence-corrected chi connectivity index (χ4v) is 3.79. The lowest BCUT2D eigenvalue weighted by molar-refractivity contribution is 0.960. The van der Waals surface area contributed by atoms with Crippen molar-refractivity contribution in [3.05, 3.63) is 95.1 Å². The van der Waals surface area contributed by atoms with Gasteiger partial charge in [0, 0.05) is 35.3 Å². The zero-order chi connectivity index (χ0) is 23.3. The summed E-state index contributed by atoms with van der Waals surface area (Å²) in [4.78, 5) is 17.9. The van der Waals surface area contributed by atoms with E-state index in [1.807, 2.05) is 72.8 Å². The van der Waals surface area contributed by atoms with Crippen LogP contribution >= 0.6 is 12.4 Å². The van der Waals surface area contributed by atoms with Crippen LogP contribution in [0.5, 0.6) is 0 Å². The van der Waals surface area contributed by atoms with E-state index in [1.54, 1.807) is 0 Å². The summed E-state index contributed by atoms with van der Waals surface area (Å²) in [6.45, 7) is 3.39. The molecule has 2 aliphatic rings. The summed E-state index contributed by atoms with van der Waals surface area (Å²) in [7, 11) is 0. The van der Waals surface area contributed by atoms with Gasteiger partial charge in [0.1, 0.15) is 23.3 Å². The molecular formula is C26H27ClN8. The number of halogens is 1. The van der Waals surface area contributed by atoms with Crippen LogP contribution in [0.15, 0.2) is 92.8 Å². The first-order chi connectivity index (χ1) is 16.7. The number of amidine groups is 4. The molecule has 178 valence electrons. The second-order valence-electron chi connectivity index (χ2n) is 7.98. The minimum Gasteiger partial charge on any atom is -0.383 e. The van der Waals surface area contributed by atoms with Crippen LogP contribution in [0.1, 0.15) is 22.3 Å². The summed E-state index contributed by atoms with van der Waals surface area (Å²) in [5.41, 5.74) is 17.8. The highest BCUT2D eigenvalue weighted by atomic mass is 35.5. The summed E-state index contributed by atoms with van der Waals surface area (Å²) in [6, 6.07) is 23.3. The molecule has 0 fully saturated rings. The monoisotopic (exact) mass is 486 g/mol. The van der Waals surface area contributed by atoms with Crippen LogP contribution in [-0.4, -0.2) is 49.5 Å². The highest BCUT2D eigenvalue weighted by molar-refractivity contribution is 6.03. The van der Waals surface area contributed by atoms with Crippen LogP contribution < -0.4 is 22.1 Å². The Morgan fingerprint density at radius 1 is 0.600 bits per heavy atom. The van der Waals surface area contributed by atoms with Gasteiger partial charge in [-0.15, -0.1) is 12.4 Å². The SMILES string of the molecule is Cl.NC(=Nc1ccc(C2=NCCN2)cc1)c1ccc(C(N)=Nc2ccc(C3=NCCN3)cc2)cc1. The molecule has 3 aromatic carbocycles. The maximum Gasteiger partial charge on any atom is 0.131 e. The summed E-state index contributed by atoms with van der Waals surface area (Å²) in [5.74, 6) is 2.72. The van der Waals surface area contributed by atoms with Gasteiger partial charge in [0.05, 0.1) is 24.5 Å². The van der Waals surface area contributed by atoms with Crippen molar-refractivity contribution < 1.29 is 0 Å². The Bertz CT molecular complexity index is 1190. The van der Waals surface area contributed by atoms with Gasteiger partial charge in [-0.05, 0) is 48.5 Å². The zero-order valence-electron chi connectivity index (χ0n) is 19.1. The third kappa shape index (κ3) is 5.67. The van der Waals surface area contributed by atoms with Crippen LogP contribution in [-0.2, 0) is 0 Å². The Morgan fingerprint density at radius 2 is 0.971 bits per heavy atom. The molecule has 8 nitrogen and oxygen atoms in total. The maximum absolute atomic E-state index is 6.24. The lowest BCUT2D eigenvalue weighted by atomic mass is 10.1. The molecular weight excluding hydrogens is 460 g/mol. The van der Waals surface area contributed by atoms with E-state index in [2.05, 4.69) is 30.6 Å². The number of hydrogen-bond donors (Lipinski definition) is 4. The average molecular weight is 487 g/mol. The van der Waals surface area contributed by atoms with E-state index in [9.17, 15) is 0 Å². The molecule has 0 aromatic heterocycles. The number of aliphatic imine (C=N–C) groups is 4. The van der Waals surface area contributed by atoms with E-state index in [0.717, 1.165) is 71.5 Å². The second-order valence-corrected chi connectivity index (χ2v) is 7.98. The van der Waals surface area contributed by atoms with Crippen molar-refractivity contribution >= 4 is 47.1 Å². The van der Waals surface area contributed by atoms with Crippen molar-refractivity contribution in [1.29, 1.82) is 0 Å². The summed E-state index contributed by atoms with van der Waals surface area (Å²) >= 11 is 0. The highest BCUT2D eigenvalue weighted by Gasteiger charge is 2.09. The van der Waals surface area contributed by atoms with E-state index in [-0.39, 0.29) is 12.4 Å². The molecule has 5 rings (SSSR count). The number of nitrogens with one attached hydrogen (secondary N) is 2. The van der Waals surface area contributed by atoms with Crippen LogP contribution in [0.3, 0.4) is 0 Å². The number of nitrogens with two attached hydrogens (primary N) is 2. The van der Waals surface area contributed by atoms with Gasteiger partial charge in [-0.1, -0.05) is 24.3 Å². The van der Waals surface area contributed by atoms with Crippen molar-refractivity contribution in [3.8, 4) is 0 Å². The molecule has 0 spiro atoms. The van der Waals surface area contributed by atoms with Gasteiger partial charge < -0.3 is 22.1 Å². The maximum atomic E-state index is 6.24. The molecule has 0 atom stereocenters. The van der Waals surface area contributed by atoms with Gasteiger partial charge >= 0.3 is 0 Å². The van der Waals surface area contributed by atoms with Gasteiger partial charge in [0.2, 0.25) is 0 Å². The number of nitrogens with zero attached hydrogens (tertiary/aromatic N) is 4. The lowest BCUT2D eigenvalue weighted by Crippen LogP contribution is -2.19. The van der Waals surface area contributed by atoms with Crippen LogP contribution in [0.2, 0.25) is 0 Å². The van der Waals surface area contributed by atoms with E-state index in [0.29, 0.717) is 11.7 Å². The molecule has 0 bridgehead atoms. The fraction of sp³-hybridized carbons (Fsp3) is 0.154. The van der Waals surface area contributed by atoms with Gasteiger partial charge in [-0.2, -0.15) is 0 Å². The van der Waals surface area contributed by atoms with Gasteiger partial charge in [-0.3, -0.25) is 9.98 Å². The van der Waals surface area contributed by atoms with E-state index < -0.39 is 0 Å². The first kappa shape index (κ1) is 24.0. The number of rotatable bonds is 6. The topological polar surface area (TPSA) is 126 Å². The second kappa shape index (κ2) is 10.8. The number of benzene rings is 3. The molecule has 0 saturated heterocycles. The van der Waals surface area contributed by atoms with E-state index in [1.165, 1.54) is 0 Å². The van der Waals surface area contributed by atoms with Crippen molar-refractivity contribution in [2.75, 3.05) is 26.2 Å². The molecule has 0 saturated carbocycles. The molecule has 2 heterocycles. The Kier molecular flexibility index (Phi) is 7.42. The highest BCUT2D eigenvalue weighted by Crippen LogP contribution is 2.17. The van der Waals surface area contributed by atoms with Gasteiger partial charge in [0.15, 0.2) is 0 Å². The van der Waals surface area contributed by atoms with Crippen molar-refractivity contribution in [2.24, 2.45) is 31.4 Å². The summed E-state index contributed by atoms with van der Waals surface area (Å²) in [5, 5.41) is 6.53. The smallest absolute Gasteiger partial charge is 0.131 e. The first-order valence-electron chi connectivity index (χ1n) is 11.2. The molecule has 35 heavy (non-hydrogen) atoms. The number of hydrogen-bond acceptors (Lipinski definition) is 6. The van der Waals surface area contributed by atoms with Crippen LogP contribution in [0.25, 0.3) is 0 Å². The van der Waals surface area contributed by atoms with Crippen LogP contribution in [0, 0.1) is 0 Å². The predicted molar refractivity (Wildman–Crippen MR) is 146 cm³/mol. The molecule has 9 heteroatoms. The molecule has 0 radical (unpaired) electrons. The minimum absolute atomic E-state index is 0. The third-order valence-electron chi connectivity index (χ3n) is 5.61. The third-order valence-corrected chi connectivity index (χ3v) is 5.61. The molecule has 0 amide bonds. The average Bonchev–Trinajstić information content (AvgIpc) is 3.60. The molecule has 6 N–H and O–H groups in total. The van der Waals surface area contributed by atoms with Crippen LogP contribution in [0.4, 0.5) is 11.4 Å². The first-order valence-corrected chi connectivity index (χ1v) is 11.2. The zero-order valence-corrected chi connectivity index (χ0v) is 19.9. The molecule has 3 aromatic rings.